The molecule has 0 radical (unpaired) electrons. The van der Waals surface area contributed by atoms with Gasteiger partial charge in [-0.15, -0.1) is 0 Å². The number of nitrogens with zero attached hydrogens (tertiary/aromatic N) is 1. The van der Waals surface area contributed by atoms with Crippen molar-refractivity contribution in [3.63, 3.8) is 0 Å². The van der Waals surface area contributed by atoms with Crippen molar-refractivity contribution in [3.05, 3.63) is 48.0 Å². The minimum absolute atomic E-state index is 0.0550. The number of piperazine rings is 1. The van der Waals surface area contributed by atoms with Gasteiger partial charge in [0.2, 0.25) is 11.8 Å². The number of hydrogen-bond donors (Lipinski definition) is 2. The van der Waals surface area contributed by atoms with Crippen LogP contribution in [-0.4, -0.2) is 42.4 Å². The number of nitrogens with one attached hydrogen (secondary N) is 2. The number of carbonyl (C=O) groups excluding carboxylic acids is 2. The minimum Gasteiger partial charge on any atom is -0.356 e. The third-order valence-corrected chi connectivity index (χ3v) is 5.12. The van der Waals surface area contributed by atoms with Gasteiger partial charge in [-0.1, -0.05) is 56.3 Å². The first-order valence-corrected chi connectivity index (χ1v) is 9.79. The van der Waals surface area contributed by atoms with E-state index in [4.69, 9.17) is 0 Å². The van der Waals surface area contributed by atoms with Gasteiger partial charge in [0.1, 0.15) is 0 Å². The smallest absolute Gasteiger partial charge is 0.237 e. The van der Waals surface area contributed by atoms with Crippen molar-refractivity contribution in [2.75, 3.05) is 19.6 Å². The molecule has 1 atom stereocenters. The van der Waals surface area contributed by atoms with E-state index in [-0.39, 0.29) is 18.2 Å². The van der Waals surface area contributed by atoms with Gasteiger partial charge in [-0.05, 0) is 28.7 Å². The molecule has 27 heavy (non-hydrogen) atoms. The van der Waals surface area contributed by atoms with Crippen LogP contribution in [0.3, 0.4) is 0 Å². The average molecular weight is 367 g/mol. The first-order valence-electron chi connectivity index (χ1n) is 9.79. The standard InChI is InChI=1S/C22H29N3O2/c1-16(2)10-11-23-21(26)14-20-22(27)24-12-13-25(20)15-18-8-5-7-17-6-3-4-9-19(17)18/h3-9,16,20H,10-15H2,1-2H3,(H,23,26)(H,24,27). The third kappa shape index (κ3) is 5.07. The van der Waals surface area contributed by atoms with Gasteiger partial charge >= 0.3 is 0 Å². The van der Waals surface area contributed by atoms with Crippen LogP contribution in [-0.2, 0) is 16.1 Å². The molecule has 0 aliphatic carbocycles. The Morgan fingerprint density at radius 2 is 2.00 bits per heavy atom. The summed E-state index contributed by atoms with van der Waals surface area (Å²) in [6, 6.07) is 14.1. The number of fused-ring (bicyclic) bond motifs is 1. The molecule has 1 saturated heterocycles. The Hall–Kier alpha value is -2.40. The molecule has 1 fully saturated rings. The lowest BCUT2D eigenvalue weighted by Crippen LogP contribution is -2.56. The van der Waals surface area contributed by atoms with Crippen molar-refractivity contribution in [2.45, 2.75) is 39.3 Å². The molecule has 1 heterocycles. The van der Waals surface area contributed by atoms with Gasteiger partial charge < -0.3 is 10.6 Å². The summed E-state index contributed by atoms with van der Waals surface area (Å²) in [6.07, 6.45) is 1.15. The number of hydrogen-bond acceptors (Lipinski definition) is 3. The van der Waals surface area contributed by atoms with Gasteiger partial charge in [-0.3, -0.25) is 14.5 Å². The van der Waals surface area contributed by atoms with E-state index < -0.39 is 6.04 Å². The Morgan fingerprint density at radius 1 is 1.22 bits per heavy atom. The fourth-order valence-corrected chi connectivity index (χ4v) is 3.57. The molecular weight excluding hydrogens is 338 g/mol. The summed E-state index contributed by atoms with van der Waals surface area (Å²) in [5.74, 6) is 0.437. The molecule has 5 heteroatoms. The normalized spacial score (nSPS) is 17.9. The van der Waals surface area contributed by atoms with Crippen molar-refractivity contribution >= 4 is 22.6 Å². The van der Waals surface area contributed by atoms with Crippen LogP contribution in [0.5, 0.6) is 0 Å². The first kappa shape index (κ1) is 19.4. The van der Waals surface area contributed by atoms with Crippen LogP contribution in [0, 0.1) is 5.92 Å². The SMILES string of the molecule is CC(C)CCNC(=O)CC1C(=O)NCCN1Cc1cccc2ccccc12. The lowest BCUT2D eigenvalue weighted by Gasteiger charge is -2.35. The molecule has 5 nitrogen and oxygen atoms in total. The third-order valence-electron chi connectivity index (χ3n) is 5.12. The van der Waals surface area contributed by atoms with Crippen molar-refractivity contribution in [1.29, 1.82) is 0 Å². The zero-order chi connectivity index (χ0) is 19.2. The van der Waals surface area contributed by atoms with E-state index in [0.717, 1.165) is 13.0 Å². The predicted molar refractivity (Wildman–Crippen MR) is 108 cm³/mol. The molecule has 0 saturated carbocycles. The van der Waals surface area contributed by atoms with Crippen LogP contribution in [0.25, 0.3) is 10.8 Å². The molecule has 0 spiro atoms. The maximum atomic E-state index is 12.4. The maximum Gasteiger partial charge on any atom is 0.237 e. The van der Waals surface area contributed by atoms with E-state index in [2.05, 4.69) is 59.7 Å². The first-order chi connectivity index (χ1) is 13.0. The van der Waals surface area contributed by atoms with Crippen LogP contribution >= 0.6 is 0 Å². The highest BCUT2D eigenvalue weighted by molar-refractivity contribution is 5.89. The van der Waals surface area contributed by atoms with Gasteiger partial charge in [0, 0.05) is 26.2 Å². The lowest BCUT2D eigenvalue weighted by molar-refractivity contribution is -0.134. The van der Waals surface area contributed by atoms with E-state index in [1.807, 2.05) is 12.1 Å². The summed E-state index contributed by atoms with van der Waals surface area (Å²) >= 11 is 0. The summed E-state index contributed by atoms with van der Waals surface area (Å²) in [6.45, 7) is 6.96. The van der Waals surface area contributed by atoms with Crippen LogP contribution in [0.4, 0.5) is 0 Å². The molecule has 2 amide bonds. The quantitative estimate of drug-likeness (QED) is 0.791. The Labute approximate surface area is 161 Å². The Bertz CT molecular complexity index is 798. The van der Waals surface area contributed by atoms with Gasteiger partial charge in [0.25, 0.3) is 0 Å². The molecule has 2 N–H and O–H groups in total. The second-order valence-electron chi connectivity index (χ2n) is 7.65. The van der Waals surface area contributed by atoms with E-state index in [1.165, 1.54) is 16.3 Å². The summed E-state index contributed by atoms with van der Waals surface area (Å²) in [5.41, 5.74) is 1.19. The molecule has 0 bridgehead atoms. The average Bonchev–Trinajstić information content (AvgIpc) is 2.64. The van der Waals surface area contributed by atoms with E-state index >= 15 is 0 Å². The fourth-order valence-electron chi connectivity index (χ4n) is 3.57. The topological polar surface area (TPSA) is 61.4 Å². The highest BCUT2D eigenvalue weighted by Gasteiger charge is 2.31. The minimum atomic E-state index is -0.420. The maximum absolute atomic E-state index is 12.4. The van der Waals surface area contributed by atoms with E-state index in [9.17, 15) is 9.59 Å². The van der Waals surface area contributed by atoms with Crippen molar-refractivity contribution in [2.24, 2.45) is 5.92 Å². The Morgan fingerprint density at radius 3 is 2.81 bits per heavy atom. The molecule has 0 aromatic heterocycles. The highest BCUT2D eigenvalue weighted by atomic mass is 16.2. The van der Waals surface area contributed by atoms with Gasteiger partial charge in [-0.2, -0.15) is 0 Å². The molecular formula is C22H29N3O2. The van der Waals surface area contributed by atoms with Crippen LogP contribution in [0.1, 0.15) is 32.3 Å². The number of benzene rings is 2. The highest BCUT2D eigenvalue weighted by Crippen LogP contribution is 2.22. The van der Waals surface area contributed by atoms with Crippen molar-refractivity contribution < 1.29 is 9.59 Å². The van der Waals surface area contributed by atoms with Crippen molar-refractivity contribution in [3.8, 4) is 0 Å². The predicted octanol–water partition coefficient (Wildman–Crippen LogP) is 2.69. The largest absolute Gasteiger partial charge is 0.356 e. The number of carbonyl (C=O) groups is 2. The fraction of sp³-hybridized carbons (Fsp3) is 0.455. The molecule has 1 unspecified atom stereocenters. The summed E-state index contributed by atoms with van der Waals surface area (Å²) in [4.78, 5) is 26.9. The monoisotopic (exact) mass is 367 g/mol. The van der Waals surface area contributed by atoms with Crippen LogP contribution in [0.2, 0.25) is 0 Å². The molecule has 1 aliphatic rings. The molecule has 2 aromatic rings. The molecule has 144 valence electrons. The molecule has 1 aliphatic heterocycles. The Kier molecular flexibility index (Phi) is 6.45. The van der Waals surface area contributed by atoms with Crippen molar-refractivity contribution in [1.82, 2.24) is 15.5 Å². The summed E-state index contributed by atoms with van der Waals surface area (Å²) < 4.78 is 0. The van der Waals surface area contributed by atoms with Gasteiger partial charge in [0.15, 0.2) is 0 Å². The molecule has 2 aromatic carbocycles. The summed E-state index contributed by atoms with van der Waals surface area (Å²) in [5, 5.41) is 8.25. The Balaban J connectivity index is 1.70. The summed E-state index contributed by atoms with van der Waals surface area (Å²) in [7, 11) is 0. The van der Waals surface area contributed by atoms with Gasteiger partial charge in [-0.25, -0.2) is 0 Å². The van der Waals surface area contributed by atoms with E-state index in [1.54, 1.807) is 0 Å². The van der Waals surface area contributed by atoms with Gasteiger partial charge in [0.05, 0.1) is 12.5 Å². The molecule has 3 rings (SSSR count). The van der Waals surface area contributed by atoms with Crippen LogP contribution < -0.4 is 10.6 Å². The zero-order valence-corrected chi connectivity index (χ0v) is 16.2. The zero-order valence-electron chi connectivity index (χ0n) is 16.2. The number of rotatable bonds is 7. The second kappa shape index (κ2) is 9.00. The number of amides is 2. The lowest BCUT2D eigenvalue weighted by atomic mass is 10.0. The van der Waals surface area contributed by atoms with E-state index in [0.29, 0.717) is 25.6 Å². The second-order valence-corrected chi connectivity index (χ2v) is 7.65. The van der Waals surface area contributed by atoms with Crippen LogP contribution in [0.15, 0.2) is 42.5 Å².